The molecule has 0 N–H and O–H groups in total. The summed E-state index contributed by atoms with van der Waals surface area (Å²) in [7, 11) is 0. The number of nitrogens with zero attached hydrogens (tertiary/aromatic N) is 1. The molecule has 3 nitrogen and oxygen atoms in total. The number of carbonyl (C=O) groups excluding carboxylic acids is 1. The fourth-order valence-electron chi connectivity index (χ4n) is 3.29. The fraction of sp³-hybridized carbons (Fsp3) is 0.706. The van der Waals surface area contributed by atoms with Crippen molar-refractivity contribution in [2.24, 2.45) is 11.8 Å². The van der Waals surface area contributed by atoms with Crippen LogP contribution in [0.1, 0.15) is 51.7 Å². The Morgan fingerprint density at radius 2 is 2.25 bits per heavy atom. The molecule has 2 unspecified atom stereocenters. The zero-order chi connectivity index (χ0) is 14.4. The lowest BCUT2D eigenvalue weighted by Crippen LogP contribution is -2.36. The van der Waals surface area contributed by atoms with Gasteiger partial charge in [0.25, 0.3) is 0 Å². The Balaban J connectivity index is 1.89. The highest BCUT2D eigenvalue weighted by Gasteiger charge is 2.29. The minimum atomic E-state index is 0.232. The Bertz CT molecular complexity index is 399. The van der Waals surface area contributed by atoms with Crippen LogP contribution in [0.5, 0.6) is 0 Å². The smallest absolute Gasteiger partial charge is 0.137 e. The summed E-state index contributed by atoms with van der Waals surface area (Å²) in [5.74, 6) is 2.44. The van der Waals surface area contributed by atoms with Crippen LogP contribution in [-0.2, 0) is 11.3 Å². The summed E-state index contributed by atoms with van der Waals surface area (Å²) in [4.78, 5) is 14.5. The van der Waals surface area contributed by atoms with Crippen LogP contribution >= 0.6 is 0 Å². The molecule has 1 saturated carbocycles. The average molecular weight is 277 g/mol. The topological polar surface area (TPSA) is 33.5 Å². The van der Waals surface area contributed by atoms with Crippen LogP contribution in [0.15, 0.2) is 22.8 Å². The zero-order valence-corrected chi connectivity index (χ0v) is 12.8. The molecule has 0 radical (unpaired) electrons. The monoisotopic (exact) mass is 277 g/mol. The molecule has 112 valence electrons. The molecule has 0 aromatic carbocycles. The third-order valence-corrected chi connectivity index (χ3v) is 4.45. The third kappa shape index (κ3) is 4.20. The van der Waals surface area contributed by atoms with Crippen LogP contribution in [0, 0.1) is 11.8 Å². The van der Waals surface area contributed by atoms with Crippen molar-refractivity contribution < 1.29 is 9.21 Å². The molecule has 20 heavy (non-hydrogen) atoms. The van der Waals surface area contributed by atoms with E-state index in [-0.39, 0.29) is 5.92 Å². The van der Waals surface area contributed by atoms with Crippen molar-refractivity contribution in [2.75, 3.05) is 13.1 Å². The molecule has 2 atom stereocenters. The highest BCUT2D eigenvalue weighted by molar-refractivity contribution is 5.81. The molecule has 1 fully saturated rings. The molecule has 1 aliphatic rings. The number of furan rings is 1. The summed E-state index contributed by atoms with van der Waals surface area (Å²) in [6, 6.07) is 3.93. The molecule has 0 saturated heterocycles. The van der Waals surface area contributed by atoms with E-state index in [1.54, 1.807) is 6.26 Å². The Morgan fingerprint density at radius 1 is 1.40 bits per heavy atom. The van der Waals surface area contributed by atoms with Gasteiger partial charge in [0, 0.05) is 18.9 Å². The number of ketones is 1. The maximum atomic E-state index is 12.1. The van der Waals surface area contributed by atoms with E-state index in [0.29, 0.717) is 5.78 Å². The minimum absolute atomic E-state index is 0.232. The lowest BCUT2D eigenvalue weighted by Gasteiger charge is -2.31. The Morgan fingerprint density at radius 3 is 2.90 bits per heavy atom. The van der Waals surface area contributed by atoms with Gasteiger partial charge in [-0.25, -0.2) is 0 Å². The SMILES string of the molecule is CCCC1CCC(=O)C(CN(CC)Cc2ccco2)C1. The molecular formula is C17H27NO2. The number of hydrogen-bond acceptors (Lipinski definition) is 3. The molecule has 1 aromatic heterocycles. The first-order valence-corrected chi connectivity index (χ1v) is 8.00. The molecule has 0 bridgehead atoms. The number of carbonyl (C=O) groups is 1. The van der Waals surface area contributed by atoms with Crippen molar-refractivity contribution in [2.45, 2.75) is 52.5 Å². The van der Waals surface area contributed by atoms with Gasteiger partial charge < -0.3 is 4.42 Å². The fourth-order valence-corrected chi connectivity index (χ4v) is 3.29. The molecular weight excluding hydrogens is 250 g/mol. The van der Waals surface area contributed by atoms with Gasteiger partial charge >= 0.3 is 0 Å². The normalized spacial score (nSPS) is 23.4. The van der Waals surface area contributed by atoms with Gasteiger partial charge in [-0.2, -0.15) is 0 Å². The number of hydrogen-bond donors (Lipinski definition) is 0. The van der Waals surface area contributed by atoms with Crippen LogP contribution in [0.2, 0.25) is 0 Å². The van der Waals surface area contributed by atoms with E-state index in [4.69, 9.17) is 4.42 Å². The predicted molar refractivity (Wildman–Crippen MR) is 80.4 cm³/mol. The lowest BCUT2D eigenvalue weighted by atomic mass is 9.78. The first kappa shape index (κ1) is 15.3. The molecule has 1 aliphatic carbocycles. The van der Waals surface area contributed by atoms with E-state index in [0.717, 1.165) is 50.6 Å². The van der Waals surface area contributed by atoms with Gasteiger partial charge in [0.1, 0.15) is 11.5 Å². The Hall–Kier alpha value is -1.09. The predicted octanol–water partition coefficient (Wildman–Crippen LogP) is 3.89. The largest absolute Gasteiger partial charge is 0.468 e. The second kappa shape index (κ2) is 7.63. The van der Waals surface area contributed by atoms with Gasteiger partial charge in [0.15, 0.2) is 0 Å². The van der Waals surface area contributed by atoms with Crippen molar-refractivity contribution >= 4 is 5.78 Å². The van der Waals surface area contributed by atoms with E-state index in [9.17, 15) is 4.79 Å². The summed E-state index contributed by atoms with van der Waals surface area (Å²) in [5.41, 5.74) is 0. The number of Topliss-reactive ketones (excluding diaryl/α,β-unsaturated/α-hetero) is 1. The molecule has 1 aromatic rings. The molecule has 3 heteroatoms. The molecule has 1 heterocycles. The lowest BCUT2D eigenvalue weighted by molar-refractivity contribution is -0.126. The summed E-state index contributed by atoms with van der Waals surface area (Å²) in [6.07, 6.45) is 7.19. The first-order valence-electron chi connectivity index (χ1n) is 8.00. The van der Waals surface area contributed by atoms with Gasteiger partial charge in [0.05, 0.1) is 12.8 Å². The van der Waals surface area contributed by atoms with Crippen molar-refractivity contribution in [3.05, 3.63) is 24.2 Å². The van der Waals surface area contributed by atoms with Crippen LogP contribution in [-0.4, -0.2) is 23.8 Å². The van der Waals surface area contributed by atoms with Gasteiger partial charge in [-0.3, -0.25) is 9.69 Å². The van der Waals surface area contributed by atoms with E-state index >= 15 is 0 Å². The summed E-state index contributed by atoms with van der Waals surface area (Å²) in [5, 5.41) is 0. The maximum Gasteiger partial charge on any atom is 0.137 e. The maximum absolute atomic E-state index is 12.1. The van der Waals surface area contributed by atoms with Crippen LogP contribution in [0.4, 0.5) is 0 Å². The molecule has 2 rings (SSSR count). The van der Waals surface area contributed by atoms with E-state index in [2.05, 4.69) is 18.7 Å². The van der Waals surface area contributed by atoms with Crippen molar-refractivity contribution in [3.63, 3.8) is 0 Å². The summed E-state index contributed by atoms with van der Waals surface area (Å²) < 4.78 is 5.41. The molecule has 0 aliphatic heterocycles. The zero-order valence-electron chi connectivity index (χ0n) is 12.8. The highest BCUT2D eigenvalue weighted by atomic mass is 16.3. The summed E-state index contributed by atoms with van der Waals surface area (Å²) in [6.45, 7) is 7.05. The minimum Gasteiger partial charge on any atom is -0.468 e. The quantitative estimate of drug-likeness (QED) is 0.758. The third-order valence-electron chi connectivity index (χ3n) is 4.45. The highest BCUT2D eigenvalue weighted by Crippen LogP contribution is 2.30. The van der Waals surface area contributed by atoms with E-state index < -0.39 is 0 Å². The van der Waals surface area contributed by atoms with Crippen molar-refractivity contribution in [1.82, 2.24) is 4.90 Å². The Labute approximate surface area is 122 Å². The van der Waals surface area contributed by atoms with E-state index in [1.807, 2.05) is 12.1 Å². The first-order chi connectivity index (χ1) is 9.72. The van der Waals surface area contributed by atoms with Crippen molar-refractivity contribution in [3.8, 4) is 0 Å². The van der Waals surface area contributed by atoms with Gasteiger partial charge in [-0.05, 0) is 37.4 Å². The van der Waals surface area contributed by atoms with Gasteiger partial charge in [-0.15, -0.1) is 0 Å². The second-order valence-corrected chi connectivity index (χ2v) is 6.00. The van der Waals surface area contributed by atoms with Crippen LogP contribution in [0.25, 0.3) is 0 Å². The number of rotatable bonds is 7. The average Bonchev–Trinajstić information content (AvgIpc) is 2.95. The van der Waals surface area contributed by atoms with Gasteiger partial charge in [-0.1, -0.05) is 26.7 Å². The standard InChI is InChI=1S/C17H27NO2/c1-3-6-14-8-9-17(19)15(11-14)12-18(4-2)13-16-7-5-10-20-16/h5,7,10,14-15H,3-4,6,8-9,11-13H2,1-2H3. The van der Waals surface area contributed by atoms with Crippen LogP contribution in [0.3, 0.4) is 0 Å². The summed E-state index contributed by atoms with van der Waals surface area (Å²) >= 11 is 0. The van der Waals surface area contributed by atoms with E-state index in [1.165, 1.54) is 12.8 Å². The van der Waals surface area contributed by atoms with Crippen molar-refractivity contribution in [1.29, 1.82) is 0 Å². The second-order valence-electron chi connectivity index (χ2n) is 6.00. The van der Waals surface area contributed by atoms with Gasteiger partial charge in [0.2, 0.25) is 0 Å². The molecule has 0 spiro atoms. The molecule has 0 amide bonds. The Kier molecular flexibility index (Phi) is 5.84. The van der Waals surface area contributed by atoms with Crippen LogP contribution < -0.4 is 0 Å².